The summed E-state index contributed by atoms with van der Waals surface area (Å²) >= 11 is 0. The summed E-state index contributed by atoms with van der Waals surface area (Å²) in [7, 11) is 0.136. The van der Waals surface area contributed by atoms with Crippen LogP contribution in [0.1, 0.15) is 19.4 Å². The summed E-state index contributed by atoms with van der Waals surface area (Å²) in [5.74, 6) is 0. The van der Waals surface area contributed by atoms with Crippen LogP contribution in [0.3, 0.4) is 0 Å². The molecule has 0 amide bonds. The molecule has 0 saturated heterocycles. The van der Waals surface area contributed by atoms with E-state index in [4.69, 9.17) is 0 Å². The average Bonchev–Trinajstić information content (AvgIpc) is 2.10. The first-order valence-corrected chi connectivity index (χ1v) is 6.30. The Kier molecular flexibility index (Phi) is 3.75. The summed E-state index contributed by atoms with van der Waals surface area (Å²) in [6.07, 6.45) is 2.63. The molecule has 0 bridgehead atoms. The molecule has 1 aromatic carbocycles. The van der Waals surface area contributed by atoms with Gasteiger partial charge in [0.1, 0.15) is 0 Å². The number of rotatable bonds is 3. The van der Waals surface area contributed by atoms with E-state index >= 15 is 0 Å². The molecule has 12 heavy (non-hydrogen) atoms. The minimum absolute atomic E-state index is 0.136. The maximum Gasteiger partial charge on any atom is -0.0240 e. The third kappa shape index (κ3) is 2.32. The molecule has 0 aliphatic heterocycles. The van der Waals surface area contributed by atoms with Gasteiger partial charge in [0.15, 0.2) is 0 Å². The van der Waals surface area contributed by atoms with Crippen LogP contribution in [0.2, 0.25) is 0 Å². The molecule has 0 aliphatic rings. The van der Waals surface area contributed by atoms with Gasteiger partial charge < -0.3 is 0 Å². The first kappa shape index (κ1) is 9.74. The van der Waals surface area contributed by atoms with Gasteiger partial charge >= 0.3 is 0 Å². The second-order valence-electron chi connectivity index (χ2n) is 3.01. The van der Waals surface area contributed by atoms with Gasteiger partial charge in [-0.1, -0.05) is 51.6 Å². The van der Waals surface area contributed by atoms with Crippen molar-refractivity contribution < 1.29 is 0 Å². The molecule has 66 valence electrons. The quantitative estimate of drug-likeness (QED) is 0.627. The Balaban J connectivity index is 2.80. The summed E-state index contributed by atoms with van der Waals surface area (Å²) in [6.45, 7) is 6.72. The van der Waals surface area contributed by atoms with Crippen molar-refractivity contribution in [2.45, 2.75) is 20.8 Å². The zero-order chi connectivity index (χ0) is 8.97. The van der Waals surface area contributed by atoms with Crippen molar-refractivity contribution in [3.05, 3.63) is 29.8 Å². The van der Waals surface area contributed by atoms with E-state index < -0.39 is 0 Å². The maximum atomic E-state index is 2.29. The first-order valence-electron chi connectivity index (χ1n) is 4.59. The largest absolute Gasteiger partial charge is 0.0759 e. The number of hydrogen-bond donors (Lipinski definition) is 0. The van der Waals surface area contributed by atoms with Crippen LogP contribution >= 0.6 is 7.92 Å². The standard InChI is InChI=1S/C11H17P/c1-4-12(5-2)11-8-6-10(3)7-9-11/h6-9H,4-5H2,1-3H3. The van der Waals surface area contributed by atoms with Crippen LogP contribution in [-0.4, -0.2) is 12.3 Å². The van der Waals surface area contributed by atoms with Crippen LogP contribution in [0.25, 0.3) is 0 Å². The molecule has 0 atom stereocenters. The summed E-state index contributed by atoms with van der Waals surface area (Å²) in [6, 6.07) is 9.01. The summed E-state index contributed by atoms with van der Waals surface area (Å²) in [5.41, 5.74) is 1.36. The van der Waals surface area contributed by atoms with Crippen molar-refractivity contribution >= 4 is 13.2 Å². The third-order valence-corrected chi connectivity index (χ3v) is 4.72. The van der Waals surface area contributed by atoms with Gasteiger partial charge in [-0.25, -0.2) is 0 Å². The van der Waals surface area contributed by atoms with Gasteiger partial charge in [0, 0.05) is 0 Å². The van der Waals surface area contributed by atoms with Crippen molar-refractivity contribution in [3.8, 4) is 0 Å². The Hall–Kier alpha value is -0.350. The Morgan fingerprint density at radius 2 is 1.50 bits per heavy atom. The van der Waals surface area contributed by atoms with E-state index in [1.54, 1.807) is 5.30 Å². The van der Waals surface area contributed by atoms with E-state index in [-0.39, 0.29) is 7.92 Å². The van der Waals surface area contributed by atoms with Crippen LogP contribution in [0, 0.1) is 6.92 Å². The fourth-order valence-electron chi connectivity index (χ4n) is 1.34. The lowest BCUT2D eigenvalue weighted by atomic mass is 10.2. The van der Waals surface area contributed by atoms with Gasteiger partial charge in [0.2, 0.25) is 0 Å². The van der Waals surface area contributed by atoms with E-state index in [1.807, 2.05) is 0 Å². The topological polar surface area (TPSA) is 0 Å². The smallest absolute Gasteiger partial charge is 0.0240 e. The van der Waals surface area contributed by atoms with Crippen LogP contribution in [0.15, 0.2) is 24.3 Å². The molecular formula is C11H17P. The molecule has 0 aliphatic carbocycles. The highest BCUT2D eigenvalue weighted by molar-refractivity contribution is 7.65. The van der Waals surface area contributed by atoms with E-state index in [9.17, 15) is 0 Å². The Morgan fingerprint density at radius 3 is 1.92 bits per heavy atom. The molecule has 1 heteroatoms. The van der Waals surface area contributed by atoms with E-state index in [2.05, 4.69) is 45.0 Å². The molecule has 1 aromatic rings. The van der Waals surface area contributed by atoms with Crippen molar-refractivity contribution in [3.63, 3.8) is 0 Å². The lowest BCUT2D eigenvalue weighted by molar-refractivity contribution is 1.42. The molecule has 0 spiro atoms. The van der Waals surface area contributed by atoms with E-state index in [0.717, 1.165) is 0 Å². The predicted octanol–water partition coefficient (Wildman–Crippen LogP) is 3.14. The van der Waals surface area contributed by atoms with Gasteiger partial charge in [-0.05, 0) is 24.6 Å². The predicted molar refractivity (Wildman–Crippen MR) is 58.8 cm³/mol. The highest BCUT2D eigenvalue weighted by Gasteiger charge is 2.03. The fraction of sp³-hybridized carbons (Fsp3) is 0.455. The molecule has 0 nitrogen and oxygen atoms in total. The first-order chi connectivity index (χ1) is 5.77. The maximum absolute atomic E-state index is 2.29. The average molecular weight is 180 g/mol. The van der Waals surface area contributed by atoms with Gasteiger partial charge in [0.25, 0.3) is 0 Å². The fourth-order valence-corrected chi connectivity index (χ4v) is 3.09. The van der Waals surface area contributed by atoms with Gasteiger partial charge in [0.05, 0.1) is 0 Å². The Labute approximate surface area is 76.8 Å². The Bertz CT molecular complexity index is 221. The van der Waals surface area contributed by atoms with Crippen molar-refractivity contribution in [2.24, 2.45) is 0 Å². The zero-order valence-electron chi connectivity index (χ0n) is 8.17. The van der Waals surface area contributed by atoms with Gasteiger partial charge in [-0.15, -0.1) is 0 Å². The lowest BCUT2D eigenvalue weighted by Crippen LogP contribution is -2.03. The SMILES string of the molecule is CCP(CC)c1ccc(C)cc1. The normalized spacial score (nSPS) is 10.7. The molecular weight excluding hydrogens is 163 g/mol. The van der Waals surface area contributed by atoms with Crippen molar-refractivity contribution in [1.82, 2.24) is 0 Å². The molecule has 0 heterocycles. The minimum Gasteiger partial charge on any atom is -0.0759 e. The molecule has 0 unspecified atom stereocenters. The highest BCUT2D eigenvalue weighted by Crippen LogP contribution is 2.32. The highest BCUT2D eigenvalue weighted by atomic mass is 31.1. The zero-order valence-corrected chi connectivity index (χ0v) is 9.07. The van der Waals surface area contributed by atoms with Crippen LogP contribution < -0.4 is 5.30 Å². The molecule has 0 saturated carbocycles. The molecule has 0 aromatic heterocycles. The molecule has 0 radical (unpaired) electrons. The Morgan fingerprint density at radius 1 is 1.00 bits per heavy atom. The number of benzene rings is 1. The number of aryl methyl sites for hydroxylation is 1. The van der Waals surface area contributed by atoms with Crippen LogP contribution in [-0.2, 0) is 0 Å². The monoisotopic (exact) mass is 180 g/mol. The molecule has 1 rings (SSSR count). The van der Waals surface area contributed by atoms with Crippen LogP contribution in [0.4, 0.5) is 0 Å². The van der Waals surface area contributed by atoms with E-state index in [0.29, 0.717) is 0 Å². The summed E-state index contributed by atoms with van der Waals surface area (Å²) < 4.78 is 0. The van der Waals surface area contributed by atoms with Crippen molar-refractivity contribution in [2.75, 3.05) is 12.3 Å². The lowest BCUT2D eigenvalue weighted by Gasteiger charge is -2.13. The minimum atomic E-state index is 0.136. The van der Waals surface area contributed by atoms with Crippen molar-refractivity contribution in [1.29, 1.82) is 0 Å². The second-order valence-corrected chi connectivity index (χ2v) is 5.87. The second kappa shape index (κ2) is 4.62. The van der Waals surface area contributed by atoms with Gasteiger partial charge in [-0.3, -0.25) is 0 Å². The van der Waals surface area contributed by atoms with E-state index in [1.165, 1.54) is 17.9 Å². The third-order valence-electron chi connectivity index (χ3n) is 2.16. The van der Waals surface area contributed by atoms with Gasteiger partial charge in [-0.2, -0.15) is 0 Å². The molecule has 0 fully saturated rings. The summed E-state index contributed by atoms with van der Waals surface area (Å²) in [5, 5.41) is 1.56. The summed E-state index contributed by atoms with van der Waals surface area (Å²) in [4.78, 5) is 0. The van der Waals surface area contributed by atoms with Crippen LogP contribution in [0.5, 0.6) is 0 Å². The molecule has 0 N–H and O–H groups in total. The number of hydrogen-bond acceptors (Lipinski definition) is 0.